The zero-order valence-corrected chi connectivity index (χ0v) is 10.8. The fourth-order valence-corrected chi connectivity index (χ4v) is 2.51. The zero-order valence-electron chi connectivity index (χ0n) is 10.8. The van der Waals surface area contributed by atoms with Gasteiger partial charge in [-0.1, -0.05) is 30.4 Å². The summed E-state index contributed by atoms with van der Waals surface area (Å²) < 4.78 is 0. The van der Waals surface area contributed by atoms with Crippen molar-refractivity contribution in [3.05, 3.63) is 47.0 Å². The van der Waals surface area contributed by atoms with Crippen LogP contribution in [0.4, 0.5) is 0 Å². The Morgan fingerprint density at radius 2 is 2.06 bits per heavy atom. The van der Waals surface area contributed by atoms with Gasteiger partial charge in [-0.05, 0) is 62.1 Å². The van der Waals surface area contributed by atoms with Crippen molar-refractivity contribution in [1.29, 1.82) is 0 Å². The molecular weight excluding hydrogens is 208 g/mol. The molecule has 0 spiro atoms. The molecule has 0 radical (unpaired) electrons. The molecule has 1 N–H and O–H groups in total. The molecule has 0 aliphatic heterocycles. The molecule has 0 saturated heterocycles. The molecule has 0 fully saturated rings. The van der Waals surface area contributed by atoms with Gasteiger partial charge in [0.1, 0.15) is 0 Å². The van der Waals surface area contributed by atoms with Crippen LogP contribution in [0.2, 0.25) is 0 Å². The van der Waals surface area contributed by atoms with Gasteiger partial charge in [0.15, 0.2) is 0 Å². The number of aliphatic hydroxyl groups excluding tert-OH is 1. The van der Waals surface area contributed by atoms with Crippen LogP contribution in [0, 0.1) is 19.8 Å². The average Bonchev–Trinajstić information content (AvgIpc) is 2.35. The van der Waals surface area contributed by atoms with Crippen molar-refractivity contribution in [2.24, 2.45) is 5.92 Å². The molecule has 1 aromatic rings. The van der Waals surface area contributed by atoms with Gasteiger partial charge >= 0.3 is 0 Å². The van der Waals surface area contributed by atoms with E-state index in [9.17, 15) is 5.11 Å². The van der Waals surface area contributed by atoms with Crippen LogP contribution in [0.15, 0.2) is 30.4 Å². The van der Waals surface area contributed by atoms with Crippen LogP contribution in [0.3, 0.4) is 0 Å². The van der Waals surface area contributed by atoms with Gasteiger partial charge in [-0.3, -0.25) is 0 Å². The van der Waals surface area contributed by atoms with E-state index in [0.29, 0.717) is 5.92 Å². The molecule has 0 heterocycles. The minimum Gasteiger partial charge on any atom is -0.392 e. The van der Waals surface area contributed by atoms with E-state index in [1.54, 1.807) is 0 Å². The molecule has 2 unspecified atom stereocenters. The van der Waals surface area contributed by atoms with Crippen LogP contribution >= 0.6 is 0 Å². The average molecular weight is 230 g/mol. The van der Waals surface area contributed by atoms with Crippen LogP contribution in [-0.4, -0.2) is 11.2 Å². The zero-order chi connectivity index (χ0) is 12.3. The summed E-state index contributed by atoms with van der Waals surface area (Å²) in [6, 6.07) is 6.50. The Balaban J connectivity index is 1.99. The Hall–Kier alpha value is -1.08. The summed E-state index contributed by atoms with van der Waals surface area (Å²) in [5.74, 6) is 0.446. The van der Waals surface area contributed by atoms with Crippen molar-refractivity contribution >= 4 is 0 Å². The number of benzene rings is 1. The Kier molecular flexibility index (Phi) is 4.01. The van der Waals surface area contributed by atoms with E-state index in [4.69, 9.17) is 0 Å². The Bertz CT molecular complexity index is 406. The van der Waals surface area contributed by atoms with E-state index in [0.717, 1.165) is 25.7 Å². The largest absolute Gasteiger partial charge is 0.392 e. The van der Waals surface area contributed by atoms with Gasteiger partial charge in [0.2, 0.25) is 0 Å². The fourth-order valence-electron chi connectivity index (χ4n) is 2.51. The lowest BCUT2D eigenvalue weighted by Gasteiger charge is -2.24. The molecule has 1 aliphatic rings. The first-order valence-corrected chi connectivity index (χ1v) is 6.56. The molecule has 1 aromatic carbocycles. The summed E-state index contributed by atoms with van der Waals surface area (Å²) in [4.78, 5) is 0. The number of rotatable bonds is 3. The lowest BCUT2D eigenvalue weighted by molar-refractivity contribution is 0.102. The van der Waals surface area contributed by atoms with Gasteiger partial charge in [-0.25, -0.2) is 0 Å². The third kappa shape index (κ3) is 3.19. The maximum absolute atomic E-state index is 10.3. The van der Waals surface area contributed by atoms with E-state index < -0.39 is 0 Å². The molecule has 0 amide bonds. The lowest BCUT2D eigenvalue weighted by atomic mass is 9.86. The summed E-state index contributed by atoms with van der Waals surface area (Å²) in [5.41, 5.74) is 3.90. The summed E-state index contributed by atoms with van der Waals surface area (Å²) in [6.45, 7) is 4.26. The van der Waals surface area contributed by atoms with Crippen LogP contribution in [0.25, 0.3) is 0 Å². The molecule has 1 heteroatoms. The third-order valence-electron chi connectivity index (χ3n) is 3.87. The van der Waals surface area contributed by atoms with Crippen molar-refractivity contribution in [3.8, 4) is 0 Å². The fraction of sp³-hybridized carbons (Fsp3) is 0.500. The first-order chi connectivity index (χ1) is 8.16. The van der Waals surface area contributed by atoms with Crippen molar-refractivity contribution in [1.82, 2.24) is 0 Å². The van der Waals surface area contributed by atoms with Crippen LogP contribution in [0.5, 0.6) is 0 Å². The smallest absolute Gasteiger partial charge is 0.0611 e. The Morgan fingerprint density at radius 3 is 2.71 bits per heavy atom. The van der Waals surface area contributed by atoms with E-state index in [1.165, 1.54) is 16.7 Å². The number of aryl methyl sites for hydroxylation is 2. The second-order valence-corrected chi connectivity index (χ2v) is 5.23. The molecule has 1 aliphatic carbocycles. The monoisotopic (exact) mass is 230 g/mol. The highest BCUT2D eigenvalue weighted by molar-refractivity contribution is 5.30. The minimum atomic E-state index is -0.193. The summed E-state index contributed by atoms with van der Waals surface area (Å²) in [6.07, 6.45) is 8.31. The standard InChI is InChI=1S/C16H22O/c1-12-8-9-14(10-13(12)2)11-16(17)15-6-4-3-5-7-15/h3-4,8-10,15-17H,5-7,11H2,1-2H3. The maximum Gasteiger partial charge on any atom is 0.0611 e. The van der Waals surface area contributed by atoms with E-state index in [1.807, 2.05) is 0 Å². The number of allylic oxidation sites excluding steroid dienone is 2. The molecular formula is C16H22O. The van der Waals surface area contributed by atoms with Crippen molar-refractivity contribution in [2.45, 2.75) is 45.6 Å². The predicted molar refractivity (Wildman–Crippen MR) is 72.1 cm³/mol. The SMILES string of the molecule is Cc1ccc(CC(O)C2CC=CCC2)cc1C. The van der Waals surface area contributed by atoms with E-state index in [-0.39, 0.29) is 6.10 Å². The molecule has 17 heavy (non-hydrogen) atoms. The Labute approximate surface area is 104 Å². The summed E-state index contributed by atoms with van der Waals surface area (Å²) in [5, 5.41) is 10.3. The van der Waals surface area contributed by atoms with Crippen LogP contribution < -0.4 is 0 Å². The molecule has 1 nitrogen and oxygen atoms in total. The van der Waals surface area contributed by atoms with Crippen molar-refractivity contribution in [2.75, 3.05) is 0 Å². The maximum atomic E-state index is 10.3. The molecule has 92 valence electrons. The predicted octanol–water partition coefficient (Wildman–Crippen LogP) is 3.56. The lowest BCUT2D eigenvalue weighted by Crippen LogP contribution is -2.23. The normalized spacial score (nSPS) is 21.5. The highest BCUT2D eigenvalue weighted by Gasteiger charge is 2.19. The van der Waals surface area contributed by atoms with Crippen LogP contribution in [0.1, 0.15) is 36.0 Å². The second kappa shape index (κ2) is 5.50. The van der Waals surface area contributed by atoms with Gasteiger partial charge in [0.25, 0.3) is 0 Å². The summed E-state index contributed by atoms with van der Waals surface area (Å²) >= 11 is 0. The van der Waals surface area contributed by atoms with Crippen LogP contribution in [-0.2, 0) is 6.42 Å². The third-order valence-corrected chi connectivity index (χ3v) is 3.87. The van der Waals surface area contributed by atoms with E-state index in [2.05, 4.69) is 44.2 Å². The quantitative estimate of drug-likeness (QED) is 0.787. The highest BCUT2D eigenvalue weighted by atomic mass is 16.3. The van der Waals surface area contributed by atoms with Crippen molar-refractivity contribution in [3.63, 3.8) is 0 Å². The number of hydrogen-bond donors (Lipinski definition) is 1. The van der Waals surface area contributed by atoms with Gasteiger partial charge in [-0.2, -0.15) is 0 Å². The molecule has 0 saturated carbocycles. The van der Waals surface area contributed by atoms with E-state index >= 15 is 0 Å². The molecule has 0 aromatic heterocycles. The number of hydrogen-bond acceptors (Lipinski definition) is 1. The summed E-state index contributed by atoms with van der Waals surface area (Å²) in [7, 11) is 0. The Morgan fingerprint density at radius 1 is 1.24 bits per heavy atom. The highest BCUT2D eigenvalue weighted by Crippen LogP contribution is 2.24. The molecule has 2 rings (SSSR count). The first kappa shape index (κ1) is 12.4. The van der Waals surface area contributed by atoms with Gasteiger partial charge in [0.05, 0.1) is 6.10 Å². The molecule has 2 atom stereocenters. The first-order valence-electron chi connectivity index (χ1n) is 6.56. The molecule has 0 bridgehead atoms. The van der Waals surface area contributed by atoms with Gasteiger partial charge in [0, 0.05) is 0 Å². The minimum absolute atomic E-state index is 0.193. The topological polar surface area (TPSA) is 20.2 Å². The van der Waals surface area contributed by atoms with Gasteiger partial charge in [-0.15, -0.1) is 0 Å². The van der Waals surface area contributed by atoms with Gasteiger partial charge < -0.3 is 5.11 Å². The second-order valence-electron chi connectivity index (χ2n) is 5.23. The number of aliphatic hydroxyl groups is 1. The van der Waals surface area contributed by atoms with Crippen molar-refractivity contribution < 1.29 is 5.11 Å².